The predicted molar refractivity (Wildman–Crippen MR) is 79.5 cm³/mol. The molecule has 0 spiro atoms. The van der Waals surface area contributed by atoms with Crippen LogP contribution in [-0.4, -0.2) is 11.1 Å². The van der Waals surface area contributed by atoms with E-state index >= 15 is 0 Å². The Kier molecular flexibility index (Phi) is 4.95. The van der Waals surface area contributed by atoms with Crippen molar-refractivity contribution in [1.82, 2.24) is 0 Å². The zero-order valence-corrected chi connectivity index (χ0v) is 13.5. The third-order valence-electron chi connectivity index (χ3n) is 2.69. The Morgan fingerprint density at radius 2 is 1.81 bits per heavy atom. The van der Waals surface area contributed by atoms with Gasteiger partial charge in [-0.2, -0.15) is 0 Å². The van der Waals surface area contributed by atoms with Gasteiger partial charge in [0.05, 0.1) is 15.6 Å². The molecular formula is C14H8Br2F2O3. The molecule has 21 heavy (non-hydrogen) atoms. The second-order valence-corrected chi connectivity index (χ2v) is 5.77. The number of benzene rings is 2. The molecule has 0 heterocycles. The van der Waals surface area contributed by atoms with E-state index in [1.165, 1.54) is 24.3 Å². The van der Waals surface area contributed by atoms with Crippen LogP contribution in [0.4, 0.5) is 8.78 Å². The average Bonchev–Trinajstić information content (AvgIpc) is 2.44. The molecule has 7 heteroatoms. The number of carboxylic acids is 1. The van der Waals surface area contributed by atoms with Crippen molar-refractivity contribution < 1.29 is 23.4 Å². The highest BCUT2D eigenvalue weighted by molar-refractivity contribution is 9.10. The number of ether oxygens (including phenoxy) is 1. The number of aromatic carboxylic acids is 1. The van der Waals surface area contributed by atoms with Crippen LogP contribution in [0.15, 0.2) is 39.3 Å². The second kappa shape index (κ2) is 6.53. The van der Waals surface area contributed by atoms with E-state index in [0.717, 1.165) is 6.07 Å². The maximum Gasteiger partial charge on any atom is 0.336 e. The minimum atomic E-state index is -1.13. The summed E-state index contributed by atoms with van der Waals surface area (Å²) in [4.78, 5) is 11.0. The van der Waals surface area contributed by atoms with Crippen molar-refractivity contribution in [2.75, 3.05) is 0 Å². The van der Waals surface area contributed by atoms with E-state index in [0.29, 0.717) is 4.47 Å². The van der Waals surface area contributed by atoms with Crippen LogP contribution in [0.25, 0.3) is 0 Å². The van der Waals surface area contributed by atoms with E-state index in [1.807, 2.05) is 0 Å². The topological polar surface area (TPSA) is 46.5 Å². The molecule has 0 bridgehead atoms. The summed E-state index contributed by atoms with van der Waals surface area (Å²) < 4.78 is 33.1. The van der Waals surface area contributed by atoms with Crippen LogP contribution >= 0.6 is 31.9 Å². The highest BCUT2D eigenvalue weighted by Gasteiger charge is 2.14. The van der Waals surface area contributed by atoms with E-state index in [2.05, 4.69) is 31.9 Å². The van der Waals surface area contributed by atoms with Crippen molar-refractivity contribution in [3.63, 3.8) is 0 Å². The predicted octanol–water partition coefficient (Wildman–Crippen LogP) is 4.77. The molecule has 0 fully saturated rings. The molecule has 2 aromatic rings. The van der Waals surface area contributed by atoms with Crippen molar-refractivity contribution >= 4 is 37.8 Å². The van der Waals surface area contributed by atoms with Crippen LogP contribution in [0.1, 0.15) is 15.9 Å². The fourth-order valence-electron chi connectivity index (χ4n) is 1.61. The Hall–Kier alpha value is -1.47. The molecule has 0 aromatic heterocycles. The molecule has 0 aliphatic rings. The summed E-state index contributed by atoms with van der Waals surface area (Å²) in [7, 11) is 0. The Labute approximate surface area is 135 Å². The van der Waals surface area contributed by atoms with Crippen molar-refractivity contribution in [3.05, 3.63) is 62.0 Å². The first kappa shape index (κ1) is 15.9. The monoisotopic (exact) mass is 420 g/mol. The summed E-state index contributed by atoms with van der Waals surface area (Å²) >= 11 is 6.06. The normalized spacial score (nSPS) is 10.5. The van der Waals surface area contributed by atoms with Gasteiger partial charge in [-0.15, -0.1) is 0 Å². The van der Waals surface area contributed by atoms with Crippen LogP contribution in [-0.2, 0) is 6.61 Å². The minimum Gasteiger partial charge on any atom is -0.489 e. The number of carboxylic acid groups (broad SMARTS) is 1. The van der Waals surface area contributed by atoms with Crippen LogP contribution in [0.2, 0.25) is 0 Å². The minimum absolute atomic E-state index is 0.00249. The highest BCUT2D eigenvalue weighted by Crippen LogP contribution is 2.26. The average molecular weight is 422 g/mol. The van der Waals surface area contributed by atoms with E-state index < -0.39 is 17.6 Å². The van der Waals surface area contributed by atoms with Crippen LogP contribution < -0.4 is 4.74 Å². The van der Waals surface area contributed by atoms with Gasteiger partial charge in [-0.25, -0.2) is 13.6 Å². The molecule has 2 aromatic carbocycles. The van der Waals surface area contributed by atoms with Crippen molar-refractivity contribution in [2.24, 2.45) is 0 Å². The standard InChI is InChI=1S/C14H8Br2F2O3/c15-10-2-1-7(5-8(10)14(19)20)21-6-9-12(17)4-3-11(16)13(9)18/h1-5H,6H2,(H,19,20). The number of hydrogen-bond acceptors (Lipinski definition) is 2. The smallest absolute Gasteiger partial charge is 0.336 e. The Morgan fingerprint density at radius 3 is 2.48 bits per heavy atom. The Bertz CT molecular complexity index is 705. The third-order valence-corrected chi connectivity index (χ3v) is 3.99. The van der Waals surface area contributed by atoms with E-state index in [-0.39, 0.29) is 28.0 Å². The lowest BCUT2D eigenvalue weighted by Crippen LogP contribution is -2.04. The van der Waals surface area contributed by atoms with Crippen molar-refractivity contribution in [1.29, 1.82) is 0 Å². The molecular weight excluding hydrogens is 414 g/mol. The lowest BCUT2D eigenvalue weighted by Gasteiger charge is -2.10. The van der Waals surface area contributed by atoms with Crippen LogP contribution in [0, 0.1) is 11.6 Å². The second-order valence-electron chi connectivity index (χ2n) is 4.06. The lowest BCUT2D eigenvalue weighted by atomic mass is 10.2. The van der Waals surface area contributed by atoms with Gasteiger partial charge < -0.3 is 9.84 Å². The van der Waals surface area contributed by atoms with Gasteiger partial charge in [-0.3, -0.25) is 0 Å². The van der Waals surface area contributed by atoms with Gasteiger partial charge in [0.25, 0.3) is 0 Å². The maximum atomic E-state index is 13.8. The van der Waals surface area contributed by atoms with Gasteiger partial charge in [0.15, 0.2) is 0 Å². The number of halogens is 4. The Balaban J connectivity index is 2.23. The fraction of sp³-hybridized carbons (Fsp3) is 0.0714. The highest BCUT2D eigenvalue weighted by atomic mass is 79.9. The molecule has 0 aliphatic carbocycles. The summed E-state index contributed by atoms with van der Waals surface area (Å²) in [6, 6.07) is 6.66. The van der Waals surface area contributed by atoms with E-state index in [1.54, 1.807) is 0 Å². The molecule has 0 radical (unpaired) electrons. The summed E-state index contributed by atoms with van der Waals surface area (Å²) in [6.45, 7) is -0.349. The molecule has 0 aliphatic heterocycles. The quantitative estimate of drug-likeness (QED) is 0.723. The molecule has 110 valence electrons. The van der Waals surface area contributed by atoms with Crippen LogP contribution in [0.5, 0.6) is 5.75 Å². The zero-order valence-electron chi connectivity index (χ0n) is 10.4. The summed E-state index contributed by atoms with van der Waals surface area (Å²) in [6.07, 6.45) is 0. The summed E-state index contributed by atoms with van der Waals surface area (Å²) in [5, 5.41) is 8.99. The number of rotatable bonds is 4. The largest absolute Gasteiger partial charge is 0.489 e. The first-order valence-electron chi connectivity index (χ1n) is 5.68. The van der Waals surface area contributed by atoms with Crippen LogP contribution in [0.3, 0.4) is 0 Å². The number of hydrogen-bond donors (Lipinski definition) is 1. The molecule has 3 nitrogen and oxygen atoms in total. The van der Waals surface area contributed by atoms with Crippen molar-refractivity contribution in [3.8, 4) is 5.75 Å². The zero-order chi connectivity index (χ0) is 15.6. The molecule has 1 N–H and O–H groups in total. The number of carbonyl (C=O) groups is 1. The summed E-state index contributed by atoms with van der Waals surface area (Å²) in [5.74, 6) is -2.40. The first-order chi connectivity index (χ1) is 9.90. The van der Waals surface area contributed by atoms with Gasteiger partial charge in [0.2, 0.25) is 0 Å². The van der Waals surface area contributed by atoms with Crippen molar-refractivity contribution in [2.45, 2.75) is 6.61 Å². The molecule has 0 amide bonds. The van der Waals surface area contributed by atoms with Gasteiger partial charge >= 0.3 is 5.97 Å². The fourth-order valence-corrected chi connectivity index (χ4v) is 2.40. The third kappa shape index (κ3) is 3.59. The molecule has 0 saturated carbocycles. The van der Waals surface area contributed by atoms with Gasteiger partial charge in [0, 0.05) is 4.47 Å². The summed E-state index contributed by atoms with van der Waals surface area (Å²) in [5.41, 5.74) is -0.230. The first-order valence-corrected chi connectivity index (χ1v) is 7.26. The van der Waals surface area contributed by atoms with E-state index in [9.17, 15) is 13.6 Å². The molecule has 2 rings (SSSR count). The van der Waals surface area contributed by atoms with Gasteiger partial charge in [-0.05, 0) is 62.2 Å². The molecule has 0 atom stereocenters. The van der Waals surface area contributed by atoms with E-state index in [4.69, 9.17) is 9.84 Å². The SMILES string of the molecule is O=C(O)c1cc(OCc2c(F)ccc(Br)c2F)ccc1Br. The van der Waals surface area contributed by atoms with Gasteiger partial charge in [-0.1, -0.05) is 0 Å². The molecule has 0 saturated heterocycles. The van der Waals surface area contributed by atoms with Gasteiger partial charge in [0.1, 0.15) is 24.0 Å². The Morgan fingerprint density at radius 1 is 1.14 bits per heavy atom. The molecule has 0 unspecified atom stereocenters. The maximum absolute atomic E-state index is 13.8. The lowest BCUT2D eigenvalue weighted by molar-refractivity contribution is 0.0695.